The molecule has 100 valence electrons. The fourth-order valence-electron chi connectivity index (χ4n) is 1.94. The Morgan fingerprint density at radius 1 is 1.16 bits per heavy atom. The summed E-state index contributed by atoms with van der Waals surface area (Å²) in [7, 11) is 0. The van der Waals surface area contributed by atoms with Gasteiger partial charge in [0.15, 0.2) is 0 Å². The fourth-order valence-corrected chi connectivity index (χ4v) is 1.94. The number of nitrogens with two attached hydrogens (primary N) is 1. The number of benzene rings is 2. The molecule has 0 aliphatic rings. The average Bonchev–Trinajstić information content (AvgIpc) is 2.42. The Morgan fingerprint density at radius 2 is 1.89 bits per heavy atom. The van der Waals surface area contributed by atoms with Gasteiger partial charge in [-0.1, -0.05) is 30.3 Å². The largest absolute Gasteiger partial charge is 0.397 e. The molecule has 0 saturated carbocycles. The molecule has 1 atom stereocenters. The molecule has 0 fully saturated rings. The van der Waals surface area contributed by atoms with Gasteiger partial charge in [-0.05, 0) is 30.2 Å². The van der Waals surface area contributed by atoms with Gasteiger partial charge in [0.1, 0.15) is 5.82 Å². The van der Waals surface area contributed by atoms with E-state index < -0.39 is 0 Å². The average molecular weight is 260 g/mol. The molecule has 0 bridgehead atoms. The van der Waals surface area contributed by atoms with Crippen molar-refractivity contribution in [2.24, 2.45) is 0 Å². The number of rotatable bonds is 5. The highest BCUT2D eigenvalue weighted by atomic mass is 19.1. The van der Waals surface area contributed by atoms with Gasteiger partial charge >= 0.3 is 0 Å². The number of hydrogen-bond donors (Lipinski definition) is 3. The number of halogens is 1. The van der Waals surface area contributed by atoms with E-state index >= 15 is 0 Å². The van der Waals surface area contributed by atoms with Gasteiger partial charge in [-0.3, -0.25) is 0 Å². The second-order valence-corrected chi connectivity index (χ2v) is 4.45. The summed E-state index contributed by atoms with van der Waals surface area (Å²) in [5.74, 6) is -0.369. The Bertz CT molecular complexity index is 531. The summed E-state index contributed by atoms with van der Waals surface area (Å²) in [6.45, 7) is -0.0221. The first-order valence-electron chi connectivity index (χ1n) is 6.15. The van der Waals surface area contributed by atoms with Crippen molar-refractivity contribution in [1.82, 2.24) is 0 Å². The molecule has 1 unspecified atom stereocenters. The van der Waals surface area contributed by atoms with Gasteiger partial charge in [-0.15, -0.1) is 0 Å². The lowest BCUT2D eigenvalue weighted by atomic mass is 10.1. The first-order chi connectivity index (χ1) is 9.19. The van der Waals surface area contributed by atoms with Crippen LogP contribution in [0, 0.1) is 5.82 Å². The van der Waals surface area contributed by atoms with Crippen LogP contribution >= 0.6 is 0 Å². The molecule has 2 aromatic rings. The molecular weight excluding hydrogens is 243 g/mol. The summed E-state index contributed by atoms with van der Waals surface area (Å²) in [4.78, 5) is 0. The zero-order valence-corrected chi connectivity index (χ0v) is 10.5. The quantitative estimate of drug-likeness (QED) is 0.724. The standard InChI is InChI=1S/C15H17FN2O/c16-12-6-7-15(14(17)9-12)18-13(10-19)8-11-4-2-1-3-5-11/h1-7,9,13,18-19H,8,10,17H2. The normalized spacial score (nSPS) is 12.1. The summed E-state index contributed by atoms with van der Waals surface area (Å²) >= 11 is 0. The first-order valence-corrected chi connectivity index (χ1v) is 6.15. The maximum Gasteiger partial charge on any atom is 0.125 e. The topological polar surface area (TPSA) is 58.3 Å². The highest BCUT2D eigenvalue weighted by Gasteiger charge is 2.10. The molecule has 0 saturated heterocycles. The van der Waals surface area contributed by atoms with Crippen LogP contribution in [0.1, 0.15) is 5.56 Å². The molecule has 0 heterocycles. The smallest absolute Gasteiger partial charge is 0.125 e. The van der Waals surface area contributed by atoms with Crippen LogP contribution in [0.3, 0.4) is 0 Å². The van der Waals surface area contributed by atoms with Gasteiger partial charge in [0.05, 0.1) is 24.0 Å². The predicted octanol–water partition coefficient (Wildman–Crippen LogP) is 2.42. The molecule has 0 aromatic heterocycles. The minimum Gasteiger partial charge on any atom is -0.397 e. The minimum atomic E-state index is -0.369. The first kappa shape index (κ1) is 13.4. The molecule has 2 rings (SSSR count). The van der Waals surface area contributed by atoms with E-state index in [1.807, 2.05) is 30.3 Å². The lowest BCUT2D eigenvalue weighted by Gasteiger charge is -2.19. The Morgan fingerprint density at radius 3 is 2.53 bits per heavy atom. The summed E-state index contributed by atoms with van der Waals surface area (Å²) in [5, 5.41) is 12.5. The lowest BCUT2D eigenvalue weighted by molar-refractivity contribution is 0.274. The van der Waals surface area contributed by atoms with E-state index in [0.717, 1.165) is 5.56 Å². The summed E-state index contributed by atoms with van der Waals surface area (Å²) in [6, 6.07) is 13.9. The van der Waals surface area contributed by atoms with Crippen molar-refractivity contribution in [3.05, 3.63) is 59.9 Å². The van der Waals surface area contributed by atoms with Crippen molar-refractivity contribution in [1.29, 1.82) is 0 Å². The van der Waals surface area contributed by atoms with Crippen LogP contribution < -0.4 is 11.1 Å². The second-order valence-electron chi connectivity index (χ2n) is 4.45. The lowest BCUT2D eigenvalue weighted by Crippen LogP contribution is -2.26. The number of anilines is 2. The highest BCUT2D eigenvalue weighted by molar-refractivity contribution is 5.66. The summed E-state index contributed by atoms with van der Waals surface area (Å²) in [6.07, 6.45) is 0.675. The fraction of sp³-hybridized carbons (Fsp3) is 0.200. The van der Waals surface area contributed by atoms with Crippen molar-refractivity contribution in [2.45, 2.75) is 12.5 Å². The minimum absolute atomic E-state index is 0.0221. The maximum atomic E-state index is 13.0. The molecular formula is C15H17FN2O. The Hall–Kier alpha value is -2.07. The molecule has 2 aromatic carbocycles. The molecule has 0 aliphatic carbocycles. The molecule has 4 N–H and O–H groups in total. The molecule has 19 heavy (non-hydrogen) atoms. The van der Waals surface area contributed by atoms with Crippen LogP contribution in [0.25, 0.3) is 0 Å². The van der Waals surface area contributed by atoms with E-state index in [1.165, 1.54) is 12.1 Å². The van der Waals surface area contributed by atoms with Gasteiger partial charge in [0.2, 0.25) is 0 Å². The van der Waals surface area contributed by atoms with E-state index in [0.29, 0.717) is 17.8 Å². The monoisotopic (exact) mass is 260 g/mol. The van der Waals surface area contributed by atoms with Gasteiger partial charge < -0.3 is 16.2 Å². The SMILES string of the molecule is Nc1cc(F)ccc1NC(CO)Cc1ccccc1. The second kappa shape index (κ2) is 6.20. The van der Waals surface area contributed by atoms with Crippen LogP contribution in [-0.4, -0.2) is 17.8 Å². The van der Waals surface area contributed by atoms with Crippen LogP contribution in [0.15, 0.2) is 48.5 Å². The Labute approximate surface area is 111 Å². The number of nitrogens with one attached hydrogen (secondary N) is 1. The van der Waals surface area contributed by atoms with Crippen molar-refractivity contribution >= 4 is 11.4 Å². The molecule has 0 radical (unpaired) electrons. The summed E-state index contributed by atoms with van der Waals surface area (Å²) in [5.41, 5.74) is 7.83. The van der Waals surface area contributed by atoms with Gasteiger partial charge in [-0.2, -0.15) is 0 Å². The van der Waals surface area contributed by atoms with Gasteiger partial charge in [0.25, 0.3) is 0 Å². The zero-order chi connectivity index (χ0) is 13.7. The van der Waals surface area contributed by atoms with Gasteiger partial charge in [-0.25, -0.2) is 4.39 Å². The maximum absolute atomic E-state index is 13.0. The molecule has 0 spiro atoms. The molecule has 3 nitrogen and oxygen atoms in total. The third-order valence-electron chi connectivity index (χ3n) is 2.92. The summed E-state index contributed by atoms with van der Waals surface area (Å²) < 4.78 is 13.0. The van der Waals surface area contributed by atoms with Crippen molar-refractivity contribution in [2.75, 3.05) is 17.7 Å². The molecule has 0 amide bonds. The predicted molar refractivity (Wildman–Crippen MR) is 75.5 cm³/mol. The Balaban J connectivity index is 2.06. The van der Waals surface area contributed by atoms with E-state index in [2.05, 4.69) is 5.32 Å². The molecule has 4 heteroatoms. The van der Waals surface area contributed by atoms with E-state index in [9.17, 15) is 9.50 Å². The van der Waals surface area contributed by atoms with Crippen LogP contribution in [0.5, 0.6) is 0 Å². The third-order valence-corrected chi connectivity index (χ3v) is 2.92. The number of hydrogen-bond acceptors (Lipinski definition) is 3. The zero-order valence-electron chi connectivity index (χ0n) is 10.5. The van der Waals surface area contributed by atoms with Crippen LogP contribution in [0.4, 0.5) is 15.8 Å². The number of aliphatic hydroxyl groups excluding tert-OH is 1. The molecule has 0 aliphatic heterocycles. The van der Waals surface area contributed by atoms with E-state index in [4.69, 9.17) is 5.73 Å². The van der Waals surface area contributed by atoms with Crippen LogP contribution in [0.2, 0.25) is 0 Å². The van der Waals surface area contributed by atoms with Crippen molar-refractivity contribution in [3.8, 4) is 0 Å². The van der Waals surface area contributed by atoms with Crippen molar-refractivity contribution in [3.63, 3.8) is 0 Å². The van der Waals surface area contributed by atoms with E-state index in [1.54, 1.807) is 6.07 Å². The number of nitrogen functional groups attached to an aromatic ring is 1. The van der Waals surface area contributed by atoms with E-state index in [-0.39, 0.29) is 18.5 Å². The number of aliphatic hydroxyl groups is 1. The van der Waals surface area contributed by atoms with Crippen molar-refractivity contribution < 1.29 is 9.50 Å². The Kier molecular flexibility index (Phi) is 4.36. The third kappa shape index (κ3) is 3.69. The highest BCUT2D eigenvalue weighted by Crippen LogP contribution is 2.20. The van der Waals surface area contributed by atoms with Crippen LogP contribution in [-0.2, 0) is 6.42 Å². The van der Waals surface area contributed by atoms with Gasteiger partial charge in [0, 0.05) is 0 Å².